The van der Waals surface area contributed by atoms with E-state index in [2.05, 4.69) is 49.0 Å². The van der Waals surface area contributed by atoms with Crippen molar-refractivity contribution >= 4 is 40.0 Å². The maximum atomic E-state index is 14.3. The monoisotopic (exact) mass is 531 g/mol. The summed E-state index contributed by atoms with van der Waals surface area (Å²) in [5.41, 5.74) is 3.40. The van der Waals surface area contributed by atoms with Crippen LogP contribution in [-0.4, -0.2) is 66.1 Å². The van der Waals surface area contributed by atoms with Gasteiger partial charge in [-0.25, -0.2) is 4.39 Å². The number of fused-ring (bicyclic) bond motifs is 1. The number of aromatic amines is 1. The number of hydrogen-bond donors (Lipinski definition) is 3. The van der Waals surface area contributed by atoms with Gasteiger partial charge in [0.05, 0.1) is 18.2 Å². The number of halogens is 1. The number of aromatic nitrogens is 3. The van der Waals surface area contributed by atoms with E-state index in [-0.39, 0.29) is 23.3 Å². The molecule has 39 heavy (non-hydrogen) atoms. The van der Waals surface area contributed by atoms with Gasteiger partial charge in [0.2, 0.25) is 17.7 Å². The van der Waals surface area contributed by atoms with Crippen LogP contribution in [0.15, 0.2) is 55.3 Å². The standard InChI is InChI=1S/C28H30FN7O3/c1-5-24(37)31-19-12-18(29)13-21(14-19)39-27-25-17(2)16-30-26(25)33-28(34-27)32-22-7-6-20(15-23(22)38-4)36-10-8-35(3)9-11-36/h5-7,12-16H,1,8-11H2,2-4H3,(H,31,37)(H2,30,32,33,34). The highest BCUT2D eigenvalue weighted by atomic mass is 19.1. The predicted molar refractivity (Wildman–Crippen MR) is 150 cm³/mol. The van der Waals surface area contributed by atoms with Crippen LogP contribution in [0.25, 0.3) is 11.0 Å². The van der Waals surface area contributed by atoms with E-state index >= 15 is 0 Å². The number of H-pyrrole nitrogens is 1. The molecule has 0 radical (unpaired) electrons. The molecule has 1 aliphatic heterocycles. The van der Waals surface area contributed by atoms with E-state index < -0.39 is 11.7 Å². The number of anilines is 4. The number of nitrogens with one attached hydrogen (secondary N) is 3. The second-order valence-electron chi connectivity index (χ2n) is 9.32. The fourth-order valence-corrected chi connectivity index (χ4v) is 4.44. The first kappa shape index (κ1) is 26.0. The van der Waals surface area contributed by atoms with E-state index in [0.29, 0.717) is 22.5 Å². The van der Waals surface area contributed by atoms with Gasteiger partial charge in [-0.2, -0.15) is 9.97 Å². The van der Waals surface area contributed by atoms with Crippen LogP contribution >= 0.6 is 0 Å². The molecule has 1 amide bonds. The quantitative estimate of drug-likeness (QED) is 0.278. The molecule has 0 spiro atoms. The Bertz CT molecular complexity index is 1530. The lowest BCUT2D eigenvalue weighted by molar-refractivity contribution is -0.111. The molecule has 3 heterocycles. The number of nitrogens with zero attached hydrogens (tertiary/aromatic N) is 4. The van der Waals surface area contributed by atoms with Gasteiger partial charge < -0.3 is 34.9 Å². The zero-order chi connectivity index (χ0) is 27.5. The van der Waals surface area contributed by atoms with Crippen LogP contribution in [-0.2, 0) is 4.79 Å². The van der Waals surface area contributed by atoms with Crippen LogP contribution in [0.5, 0.6) is 17.4 Å². The van der Waals surface area contributed by atoms with Gasteiger partial charge in [0.25, 0.3) is 0 Å². The average molecular weight is 532 g/mol. The molecular weight excluding hydrogens is 501 g/mol. The number of likely N-dealkylation sites (N-methyl/N-ethyl adjacent to an activating group) is 1. The number of carbonyl (C=O) groups is 1. The molecule has 11 heteroatoms. The van der Waals surface area contributed by atoms with Gasteiger partial charge in [-0.1, -0.05) is 6.58 Å². The Labute approximate surface area is 225 Å². The van der Waals surface area contributed by atoms with Crippen molar-refractivity contribution in [3.63, 3.8) is 0 Å². The molecule has 3 N–H and O–H groups in total. The molecule has 0 unspecified atom stereocenters. The highest BCUT2D eigenvalue weighted by Crippen LogP contribution is 2.35. The minimum Gasteiger partial charge on any atom is -0.494 e. The number of piperazine rings is 1. The summed E-state index contributed by atoms with van der Waals surface area (Å²) >= 11 is 0. The van der Waals surface area contributed by atoms with Crippen LogP contribution in [0.4, 0.5) is 27.4 Å². The van der Waals surface area contributed by atoms with E-state index in [4.69, 9.17) is 9.47 Å². The summed E-state index contributed by atoms with van der Waals surface area (Å²) in [5, 5.41) is 6.42. The summed E-state index contributed by atoms with van der Waals surface area (Å²) in [6.07, 6.45) is 2.90. The van der Waals surface area contributed by atoms with Gasteiger partial charge in [-0.05, 0) is 43.8 Å². The first-order chi connectivity index (χ1) is 18.8. The average Bonchev–Trinajstić information content (AvgIpc) is 3.29. The minimum atomic E-state index is -0.577. The molecule has 0 bridgehead atoms. The van der Waals surface area contributed by atoms with Gasteiger partial charge in [-0.3, -0.25) is 4.79 Å². The Hall–Kier alpha value is -4.64. The molecule has 0 aliphatic carbocycles. The Morgan fingerprint density at radius 3 is 2.69 bits per heavy atom. The van der Waals surface area contributed by atoms with Crippen LogP contribution in [0.3, 0.4) is 0 Å². The summed E-state index contributed by atoms with van der Waals surface area (Å²) in [6, 6.07) is 9.88. The van der Waals surface area contributed by atoms with Crippen LogP contribution in [0, 0.1) is 12.7 Å². The van der Waals surface area contributed by atoms with E-state index in [1.165, 1.54) is 18.2 Å². The normalized spacial score (nSPS) is 13.8. The van der Waals surface area contributed by atoms with Crippen molar-refractivity contribution in [1.82, 2.24) is 19.9 Å². The first-order valence-corrected chi connectivity index (χ1v) is 12.5. The minimum absolute atomic E-state index is 0.162. The highest BCUT2D eigenvalue weighted by Gasteiger charge is 2.18. The number of methoxy groups -OCH3 is 1. The van der Waals surface area contributed by atoms with E-state index in [0.717, 1.165) is 43.5 Å². The number of hydrogen-bond acceptors (Lipinski definition) is 8. The molecule has 0 atom stereocenters. The molecule has 1 aliphatic rings. The zero-order valence-corrected chi connectivity index (χ0v) is 22.0. The summed E-state index contributed by atoms with van der Waals surface area (Å²) in [7, 11) is 3.74. The fraction of sp³-hybridized carbons (Fsp3) is 0.250. The van der Waals surface area contributed by atoms with Crippen molar-refractivity contribution in [3.8, 4) is 17.4 Å². The molecule has 0 saturated carbocycles. The summed E-state index contributed by atoms with van der Waals surface area (Å²) < 4.78 is 26.0. The molecule has 202 valence electrons. The maximum absolute atomic E-state index is 14.3. The third kappa shape index (κ3) is 5.78. The molecule has 1 saturated heterocycles. The summed E-state index contributed by atoms with van der Waals surface area (Å²) in [6.45, 7) is 9.20. The number of amides is 1. The third-order valence-corrected chi connectivity index (χ3v) is 6.53. The fourth-order valence-electron chi connectivity index (χ4n) is 4.44. The van der Waals surface area contributed by atoms with Gasteiger partial charge in [0, 0.05) is 61.9 Å². The molecular formula is C28H30FN7O3. The van der Waals surface area contributed by atoms with E-state index in [9.17, 15) is 9.18 Å². The van der Waals surface area contributed by atoms with Crippen molar-refractivity contribution in [1.29, 1.82) is 0 Å². The Morgan fingerprint density at radius 1 is 1.15 bits per heavy atom. The van der Waals surface area contributed by atoms with Crippen LogP contribution in [0.2, 0.25) is 0 Å². The zero-order valence-electron chi connectivity index (χ0n) is 22.0. The molecule has 4 aromatic rings. The lowest BCUT2D eigenvalue weighted by atomic mass is 10.2. The molecule has 5 rings (SSSR count). The van der Waals surface area contributed by atoms with Crippen LogP contribution < -0.4 is 25.0 Å². The molecule has 1 fully saturated rings. The van der Waals surface area contributed by atoms with Gasteiger partial charge in [0.15, 0.2) is 0 Å². The van der Waals surface area contributed by atoms with Crippen LogP contribution in [0.1, 0.15) is 5.56 Å². The number of aryl methyl sites for hydroxylation is 1. The smallest absolute Gasteiger partial charge is 0.247 e. The van der Waals surface area contributed by atoms with E-state index in [1.807, 2.05) is 25.1 Å². The second-order valence-corrected chi connectivity index (χ2v) is 9.32. The molecule has 2 aromatic heterocycles. The second kappa shape index (κ2) is 11.0. The summed E-state index contributed by atoms with van der Waals surface area (Å²) in [4.78, 5) is 28.7. The Morgan fingerprint density at radius 2 is 1.95 bits per heavy atom. The Kier molecular flexibility index (Phi) is 7.33. The predicted octanol–water partition coefficient (Wildman–Crippen LogP) is 4.83. The third-order valence-electron chi connectivity index (χ3n) is 6.53. The largest absolute Gasteiger partial charge is 0.494 e. The highest BCUT2D eigenvalue weighted by molar-refractivity contribution is 5.99. The Balaban J connectivity index is 1.45. The van der Waals surface area contributed by atoms with Gasteiger partial charge in [-0.15, -0.1) is 0 Å². The topological polar surface area (TPSA) is 108 Å². The lowest BCUT2D eigenvalue weighted by Gasteiger charge is -2.34. The lowest BCUT2D eigenvalue weighted by Crippen LogP contribution is -2.44. The summed E-state index contributed by atoms with van der Waals surface area (Å²) in [5.74, 6) is 0.258. The molecule has 10 nitrogen and oxygen atoms in total. The van der Waals surface area contributed by atoms with Gasteiger partial charge in [0.1, 0.15) is 23.0 Å². The van der Waals surface area contributed by atoms with Crippen molar-refractivity contribution < 1.29 is 18.7 Å². The van der Waals surface area contributed by atoms with Crippen molar-refractivity contribution in [3.05, 3.63) is 66.6 Å². The maximum Gasteiger partial charge on any atom is 0.247 e. The number of benzene rings is 2. The number of ether oxygens (including phenoxy) is 2. The van der Waals surface area contributed by atoms with Gasteiger partial charge >= 0.3 is 0 Å². The number of rotatable bonds is 8. The number of carbonyl (C=O) groups excluding carboxylic acids is 1. The molecule has 2 aromatic carbocycles. The van der Waals surface area contributed by atoms with Crippen molar-refractivity contribution in [2.45, 2.75) is 6.92 Å². The van der Waals surface area contributed by atoms with Crippen molar-refractivity contribution in [2.75, 3.05) is 55.9 Å². The van der Waals surface area contributed by atoms with E-state index in [1.54, 1.807) is 13.3 Å². The first-order valence-electron chi connectivity index (χ1n) is 12.5. The SMILES string of the molecule is C=CC(=O)Nc1cc(F)cc(Oc2nc(Nc3ccc(N4CCN(C)CC4)cc3OC)nc3[nH]cc(C)c23)c1. The van der Waals surface area contributed by atoms with Crippen molar-refractivity contribution in [2.24, 2.45) is 0 Å².